The monoisotopic (exact) mass is 281 g/mol. The molecule has 2 aliphatic rings. The Kier molecular flexibility index (Phi) is 4.68. The summed E-state index contributed by atoms with van der Waals surface area (Å²) >= 11 is 0. The summed E-state index contributed by atoms with van der Waals surface area (Å²) in [7, 11) is 0. The van der Waals surface area contributed by atoms with E-state index in [1.165, 1.54) is 4.90 Å². The number of nitrogens with zero attached hydrogens (tertiary/aromatic N) is 1. The van der Waals surface area contributed by atoms with Gasteiger partial charge in [0.2, 0.25) is 0 Å². The molecular formula is C15H27N3O2. The number of amides is 3. The highest BCUT2D eigenvalue weighted by Gasteiger charge is 2.57. The lowest BCUT2D eigenvalue weighted by Gasteiger charge is -2.42. The molecule has 0 aromatic heterocycles. The maximum absolute atomic E-state index is 12.8. The second-order valence-electron chi connectivity index (χ2n) is 6.34. The minimum absolute atomic E-state index is 0.00468. The Morgan fingerprint density at radius 1 is 1.20 bits per heavy atom. The number of nitrogens with one attached hydrogen (secondary N) is 1. The van der Waals surface area contributed by atoms with E-state index in [0.717, 1.165) is 38.5 Å². The molecule has 1 heterocycles. The minimum Gasteiger partial charge on any atom is -0.330 e. The lowest BCUT2D eigenvalue weighted by molar-refractivity contribution is -0.136. The van der Waals surface area contributed by atoms with Gasteiger partial charge in [-0.2, -0.15) is 0 Å². The molecule has 1 spiro atoms. The molecule has 2 unspecified atom stereocenters. The average molecular weight is 281 g/mol. The number of hydrogen-bond acceptors (Lipinski definition) is 3. The van der Waals surface area contributed by atoms with Crippen LogP contribution in [-0.2, 0) is 4.79 Å². The zero-order valence-electron chi connectivity index (χ0n) is 12.7. The van der Waals surface area contributed by atoms with Crippen molar-refractivity contribution in [2.75, 3.05) is 13.1 Å². The van der Waals surface area contributed by atoms with Crippen molar-refractivity contribution in [1.29, 1.82) is 0 Å². The van der Waals surface area contributed by atoms with Gasteiger partial charge < -0.3 is 11.1 Å². The Hall–Kier alpha value is -1.10. The van der Waals surface area contributed by atoms with Gasteiger partial charge in [-0.1, -0.05) is 26.7 Å². The molecule has 0 aromatic carbocycles. The fourth-order valence-electron chi connectivity index (χ4n) is 3.75. The van der Waals surface area contributed by atoms with E-state index in [0.29, 0.717) is 13.1 Å². The van der Waals surface area contributed by atoms with E-state index < -0.39 is 5.54 Å². The number of imide groups is 1. The van der Waals surface area contributed by atoms with Crippen molar-refractivity contribution in [3.8, 4) is 0 Å². The third kappa shape index (κ3) is 2.43. The summed E-state index contributed by atoms with van der Waals surface area (Å²) < 4.78 is 0. The SMILES string of the molecule is CC1CCCC(C)C12NC(=O)N(CCCCCN)C2=O. The molecule has 20 heavy (non-hydrogen) atoms. The fourth-order valence-corrected chi connectivity index (χ4v) is 3.75. The molecule has 5 heteroatoms. The molecular weight excluding hydrogens is 254 g/mol. The number of urea groups is 1. The molecule has 1 aliphatic heterocycles. The Labute approximate surface area is 121 Å². The first-order chi connectivity index (χ1) is 9.54. The Morgan fingerprint density at radius 3 is 2.45 bits per heavy atom. The zero-order chi connectivity index (χ0) is 14.8. The lowest BCUT2D eigenvalue weighted by Crippen LogP contribution is -2.58. The highest BCUT2D eigenvalue weighted by Crippen LogP contribution is 2.42. The molecule has 0 aromatic rings. The number of hydrogen-bond donors (Lipinski definition) is 2. The van der Waals surface area contributed by atoms with Gasteiger partial charge in [0.05, 0.1) is 0 Å². The predicted octanol–water partition coefficient (Wildman–Crippen LogP) is 1.86. The molecule has 2 atom stereocenters. The Bertz CT molecular complexity index is 373. The van der Waals surface area contributed by atoms with E-state index >= 15 is 0 Å². The molecule has 3 amide bonds. The average Bonchev–Trinajstić information content (AvgIpc) is 2.66. The van der Waals surface area contributed by atoms with Gasteiger partial charge in [-0.25, -0.2) is 4.79 Å². The smallest absolute Gasteiger partial charge is 0.325 e. The van der Waals surface area contributed by atoms with Crippen LogP contribution in [0.25, 0.3) is 0 Å². The largest absolute Gasteiger partial charge is 0.330 e. The maximum atomic E-state index is 12.8. The summed E-state index contributed by atoms with van der Waals surface area (Å²) in [5, 5.41) is 3.02. The Morgan fingerprint density at radius 2 is 1.85 bits per heavy atom. The maximum Gasteiger partial charge on any atom is 0.325 e. The summed E-state index contributed by atoms with van der Waals surface area (Å²) in [5.41, 5.74) is 4.82. The van der Waals surface area contributed by atoms with Crippen LogP contribution in [0.1, 0.15) is 52.4 Å². The number of unbranched alkanes of at least 4 members (excludes halogenated alkanes) is 2. The molecule has 0 bridgehead atoms. The minimum atomic E-state index is -0.650. The van der Waals surface area contributed by atoms with Gasteiger partial charge >= 0.3 is 6.03 Å². The predicted molar refractivity (Wildman–Crippen MR) is 78.1 cm³/mol. The third-order valence-corrected chi connectivity index (χ3v) is 5.07. The van der Waals surface area contributed by atoms with E-state index in [2.05, 4.69) is 19.2 Å². The highest BCUT2D eigenvalue weighted by molar-refractivity contribution is 6.07. The number of rotatable bonds is 5. The van der Waals surface area contributed by atoms with Crippen LogP contribution in [-0.4, -0.2) is 35.5 Å². The van der Waals surface area contributed by atoms with E-state index in [1.54, 1.807) is 0 Å². The normalized spacial score (nSPS) is 33.9. The van der Waals surface area contributed by atoms with Crippen molar-refractivity contribution < 1.29 is 9.59 Å². The first-order valence-corrected chi connectivity index (χ1v) is 7.88. The van der Waals surface area contributed by atoms with Gasteiger partial charge in [0.15, 0.2) is 0 Å². The molecule has 2 fully saturated rings. The van der Waals surface area contributed by atoms with Gasteiger partial charge in [-0.15, -0.1) is 0 Å². The van der Waals surface area contributed by atoms with Crippen molar-refractivity contribution in [1.82, 2.24) is 10.2 Å². The summed E-state index contributed by atoms with van der Waals surface area (Å²) in [6.07, 6.45) is 5.92. The third-order valence-electron chi connectivity index (χ3n) is 5.07. The molecule has 1 aliphatic carbocycles. The molecule has 2 rings (SSSR count). The van der Waals surface area contributed by atoms with E-state index in [1.807, 2.05) is 0 Å². The lowest BCUT2D eigenvalue weighted by atomic mass is 9.67. The summed E-state index contributed by atoms with van der Waals surface area (Å²) in [4.78, 5) is 26.4. The summed E-state index contributed by atoms with van der Waals surface area (Å²) in [6, 6.07) is -0.205. The molecule has 1 saturated heterocycles. The number of carbonyl (C=O) groups excluding carboxylic acids is 2. The van der Waals surface area contributed by atoms with Gasteiger partial charge in [-0.05, 0) is 44.1 Å². The van der Waals surface area contributed by atoms with Crippen LogP contribution in [0, 0.1) is 11.8 Å². The van der Waals surface area contributed by atoms with Crippen molar-refractivity contribution in [3.63, 3.8) is 0 Å². The van der Waals surface area contributed by atoms with Gasteiger partial charge in [0.1, 0.15) is 5.54 Å². The van der Waals surface area contributed by atoms with Crippen LogP contribution >= 0.6 is 0 Å². The van der Waals surface area contributed by atoms with Crippen LogP contribution in [0.5, 0.6) is 0 Å². The van der Waals surface area contributed by atoms with Gasteiger partial charge in [0.25, 0.3) is 5.91 Å². The van der Waals surface area contributed by atoms with Crippen LogP contribution in [0.15, 0.2) is 0 Å². The molecule has 0 radical (unpaired) electrons. The molecule has 1 saturated carbocycles. The molecule has 114 valence electrons. The Balaban J connectivity index is 2.07. The standard InChI is InChI=1S/C15H27N3O2/c1-11-7-6-8-12(2)15(11)13(19)18(14(20)17-15)10-5-3-4-9-16/h11-12H,3-10,16H2,1-2H3,(H,17,20). The van der Waals surface area contributed by atoms with Crippen LogP contribution in [0.2, 0.25) is 0 Å². The summed E-state index contributed by atoms with van der Waals surface area (Å²) in [5.74, 6) is 0.434. The second kappa shape index (κ2) is 6.12. The van der Waals surface area contributed by atoms with Crippen molar-refractivity contribution in [2.45, 2.75) is 57.9 Å². The highest BCUT2D eigenvalue weighted by atomic mass is 16.2. The van der Waals surface area contributed by atoms with Crippen LogP contribution in [0.3, 0.4) is 0 Å². The van der Waals surface area contributed by atoms with Crippen LogP contribution in [0.4, 0.5) is 4.79 Å². The van der Waals surface area contributed by atoms with Crippen molar-refractivity contribution >= 4 is 11.9 Å². The molecule has 5 nitrogen and oxygen atoms in total. The molecule has 3 N–H and O–H groups in total. The zero-order valence-corrected chi connectivity index (χ0v) is 12.7. The fraction of sp³-hybridized carbons (Fsp3) is 0.867. The van der Waals surface area contributed by atoms with Gasteiger partial charge in [0, 0.05) is 6.54 Å². The summed E-state index contributed by atoms with van der Waals surface area (Å²) in [6.45, 7) is 5.36. The topological polar surface area (TPSA) is 75.4 Å². The first kappa shape index (κ1) is 15.3. The van der Waals surface area contributed by atoms with Crippen LogP contribution < -0.4 is 11.1 Å². The number of carbonyl (C=O) groups is 2. The number of nitrogens with two attached hydrogens (primary N) is 1. The van der Waals surface area contributed by atoms with E-state index in [-0.39, 0.29) is 23.8 Å². The van der Waals surface area contributed by atoms with Crippen molar-refractivity contribution in [2.24, 2.45) is 17.6 Å². The van der Waals surface area contributed by atoms with Crippen molar-refractivity contribution in [3.05, 3.63) is 0 Å². The van der Waals surface area contributed by atoms with Gasteiger partial charge in [-0.3, -0.25) is 9.69 Å². The second-order valence-corrected chi connectivity index (χ2v) is 6.34. The first-order valence-electron chi connectivity index (χ1n) is 7.88. The van der Waals surface area contributed by atoms with E-state index in [9.17, 15) is 9.59 Å². The van der Waals surface area contributed by atoms with E-state index in [4.69, 9.17) is 5.73 Å². The quantitative estimate of drug-likeness (QED) is 0.596.